The van der Waals surface area contributed by atoms with Gasteiger partial charge in [-0.15, -0.1) is 12.4 Å². The second-order valence-electron chi connectivity index (χ2n) is 5.22. The molecule has 2 nitrogen and oxygen atoms in total. The van der Waals surface area contributed by atoms with Crippen LogP contribution in [0.5, 0.6) is 5.75 Å². The number of hydrogen-bond donors (Lipinski definition) is 1. The van der Waals surface area contributed by atoms with Crippen LogP contribution in [-0.2, 0) is 6.42 Å². The topological polar surface area (TPSA) is 35.2 Å². The third-order valence-electron chi connectivity index (χ3n) is 3.50. The molecule has 1 atom stereocenters. The molecule has 1 unspecified atom stereocenters. The molecule has 0 bridgehead atoms. The fraction of sp³-hybridized carbons (Fsp3) is 0.600. The zero-order chi connectivity index (χ0) is 12.3. The molecule has 0 radical (unpaired) electrons. The van der Waals surface area contributed by atoms with Gasteiger partial charge >= 0.3 is 0 Å². The summed E-state index contributed by atoms with van der Waals surface area (Å²) < 4.78 is 5.77. The van der Waals surface area contributed by atoms with Crippen LogP contribution < -0.4 is 10.5 Å². The molecule has 0 aromatic heterocycles. The summed E-state index contributed by atoms with van der Waals surface area (Å²) in [5.41, 5.74) is 8.63. The number of benzene rings is 1. The van der Waals surface area contributed by atoms with Gasteiger partial charge in [0.1, 0.15) is 5.75 Å². The molecule has 1 aliphatic carbocycles. The number of hydrogen-bond acceptors (Lipinski definition) is 2. The molecule has 1 aliphatic rings. The van der Waals surface area contributed by atoms with E-state index in [2.05, 4.69) is 32.0 Å². The molecule has 102 valence electrons. The molecule has 0 heterocycles. The predicted octanol–water partition coefficient (Wildman–Crippen LogP) is 3.49. The van der Waals surface area contributed by atoms with E-state index in [1.807, 2.05) is 0 Å². The van der Waals surface area contributed by atoms with Crippen LogP contribution in [0.4, 0.5) is 0 Å². The maximum atomic E-state index is 5.99. The Morgan fingerprint density at radius 3 is 2.67 bits per heavy atom. The Labute approximate surface area is 116 Å². The molecular weight excluding hydrogens is 246 g/mol. The lowest BCUT2D eigenvalue weighted by atomic mass is 10.00. The van der Waals surface area contributed by atoms with Crippen molar-refractivity contribution in [3.05, 3.63) is 29.3 Å². The number of halogens is 1. The first-order valence-corrected chi connectivity index (χ1v) is 6.67. The Morgan fingerprint density at radius 1 is 1.39 bits per heavy atom. The molecule has 0 aliphatic heterocycles. The molecule has 3 heteroatoms. The van der Waals surface area contributed by atoms with Gasteiger partial charge in [0.05, 0.1) is 6.61 Å². The molecule has 2 N–H and O–H groups in total. The third kappa shape index (κ3) is 4.51. The van der Waals surface area contributed by atoms with E-state index < -0.39 is 0 Å². The lowest BCUT2D eigenvalue weighted by Crippen LogP contribution is -2.21. The number of ether oxygens (including phenoxy) is 1. The highest BCUT2D eigenvalue weighted by Crippen LogP contribution is 2.30. The maximum absolute atomic E-state index is 5.99. The summed E-state index contributed by atoms with van der Waals surface area (Å²) in [5, 5.41) is 0. The molecule has 2 rings (SSSR count). The van der Waals surface area contributed by atoms with Crippen LogP contribution in [-0.4, -0.2) is 12.6 Å². The molecule has 18 heavy (non-hydrogen) atoms. The van der Waals surface area contributed by atoms with Gasteiger partial charge < -0.3 is 10.5 Å². The monoisotopic (exact) mass is 269 g/mol. The minimum absolute atomic E-state index is 0. The van der Waals surface area contributed by atoms with Gasteiger partial charge in [-0.3, -0.25) is 0 Å². The van der Waals surface area contributed by atoms with E-state index in [1.165, 1.54) is 24.0 Å². The average molecular weight is 270 g/mol. The van der Waals surface area contributed by atoms with Gasteiger partial charge in [0, 0.05) is 6.04 Å². The van der Waals surface area contributed by atoms with Crippen LogP contribution >= 0.6 is 12.4 Å². The lowest BCUT2D eigenvalue weighted by molar-refractivity contribution is 0.299. The Hall–Kier alpha value is -0.730. The van der Waals surface area contributed by atoms with Crippen LogP contribution in [0.3, 0.4) is 0 Å². The van der Waals surface area contributed by atoms with E-state index in [-0.39, 0.29) is 18.4 Å². The molecule has 0 amide bonds. The molecule has 1 aromatic carbocycles. The fourth-order valence-corrected chi connectivity index (χ4v) is 1.91. The summed E-state index contributed by atoms with van der Waals surface area (Å²) >= 11 is 0. The van der Waals surface area contributed by atoms with E-state index in [9.17, 15) is 0 Å². The standard InChI is InChI=1S/C15H23NO.ClH/c1-3-14(16)9-13-6-7-15(8-11(13)2)17-10-12-4-5-12;/h6-8,12,14H,3-5,9-10,16H2,1-2H3;1H. The van der Waals surface area contributed by atoms with Crippen molar-refractivity contribution in [1.29, 1.82) is 0 Å². The SMILES string of the molecule is CCC(N)Cc1ccc(OCC2CC2)cc1C.Cl. The smallest absolute Gasteiger partial charge is 0.119 e. The quantitative estimate of drug-likeness (QED) is 0.858. The van der Waals surface area contributed by atoms with Gasteiger partial charge in [-0.05, 0) is 61.8 Å². The normalized spacial score (nSPS) is 15.9. The van der Waals surface area contributed by atoms with E-state index >= 15 is 0 Å². The van der Waals surface area contributed by atoms with Crippen molar-refractivity contribution < 1.29 is 4.74 Å². The van der Waals surface area contributed by atoms with Gasteiger partial charge in [-0.25, -0.2) is 0 Å². The fourth-order valence-electron chi connectivity index (χ4n) is 1.91. The lowest BCUT2D eigenvalue weighted by Gasteiger charge is -2.13. The zero-order valence-electron chi connectivity index (χ0n) is 11.3. The molecule has 0 saturated heterocycles. The summed E-state index contributed by atoms with van der Waals surface area (Å²) in [7, 11) is 0. The summed E-state index contributed by atoms with van der Waals surface area (Å²) in [4.78, 5) is 0. The second kappa shape index (κ2) is 7.01. The van der Waals surface area contributed by atoms with Crippen molar-refractivity contribution in [3.63, 3.8) is 0 Å². The Balaban J connectivity index is 0.00000162. The number of nitrogens with two attached hydrogens (primary N) is 1. The van der Waals surface area contributed by atoms with Gasteiger partial charge in [-0.1, -0.05) is 13.0 Å². The van der Waals surface area contributed by atoms with Gasteiger partial charge in [0.25, 0.3) is 0 Å². The van der Waals surface area contributed by atoms with Crippen molar-refractivity contribution in [2.24, 2.45) is 11.7 Å². The Bertz CT molecular complexity index is 377. The summed E-state index contributed by atoms with van der Waals surface area (Å²) in [6, 6.07) is 6.65. The Kier molecular flexibility index (Phi) is 5.97. The van der Waals surface area contributed by atoms with Crippen LogP contribution in [0, 0.1) is 12.8 Å². The van der Waals surface area contributed by atoms with Gasteiger partial charge in [0.2, 0.25) is 0 Å². The predicted molar refractivity (Wildman–Crippen MR) is 78.6 cm³/mol. The van der Waals surface area contributed by atoms with Crippen molar-refractivity contribution in [3.8, 4) is 5.75 Å². The van der Waals surface area contributed by atoms with E-state index in [0.717, 1.165) is 31.1 Å². The largest absolute Gasteiger partial charge is 0.493 e. The highest BCUT2D eigenvalue weighted by atomic mass is 35.5. The van der Waals surface area contributed by atoms with Gasteiger partial charge in [-0.2, -0.15) is 0 Å². The maximum Gasteiger partial charge on any atom is 0.119 e. The summed E-state index contributed by atoms with van der Waals surface area (Å²) in [6.45, 7) is 5.15. The van der Waals surface area contributed by atoms with Crippen LogP contribution in [0.25, 0.3) is 0 Å². The van der Waals surface area contributed by atoms with Crippen molar-refractivity contribution in [2.75, 3.05) is 6.61 Å². The highest BCUT2D eigenvalue weighted by molar-refractivity contribution is 5.85. The zero-order valence-corrected chi connectivity index (χ0v) is 12.1. The van der Waals surface area contributed by atoms with E-state index in [0.29, 0.717) is 0 Å². The summed E-state index contributed by atoms with van der Waals surface area (Å²) in [5.74, 6) is 1.81. The molecule has 1 fully saturated rings. The minimum atomic E-state index is 0. The first-order chi connectivity index (χ1) is 8.19. The van der Waals surface area contributed by atoms with Crippen molar-refractivity contribution >= 4 is 12.4 Å². The Morgan fingerprint density at radius 2 is 2.11 bits per heavy atom. The second-order valence-corrected chi connectivity index (χ2v) is 5.22. The molecule has 1 saturated carbocycles. The van der Waals surface area contributed by atoms with Gasteiger partial charge in [0.15, 0.2) is 0 Å². The first kappa shape index (κ1) is 15.3. The first-order valence-electron chi connectivity index (χ1n) is 6.67. The van der Waals surface area contributed by atoms with Crippen LogP contribution in [0.1, 0.15) is 37.3 Å². The number of aryl methyl sites for hydroxylation is 1. The highest BCUT2D eigenvalue weighted by Gasteiger charge is 2.21. The van der Waals surface area contributed by atoms with Crippen LogP contribution in [0.15, 0.2) is 18.2 Å². The molecular formula is C15H24ClNO. The summed E-state index contributed by atoms with van der Waals surface area (Å²) in [6.07, 6.45) is 4.66. The van der Waals surface area contributed by atoms with Crippen LogP contribution in [0.2, 0.25) is 0 Å². The van der Waals surface area contributed by atoms with Crippen molar-refractivity contribution in [2.45, 2.75) is 45.6 Å². The minimum Gasteiger partial charge on any atom is -0.493 e. The molecule has 0 spiro atoms. The van der Waals surface area contributed by atoms with E-state index in [4.69, 9.17) is 10.5 Å². The average Bonchev–Trinajstić information content (AvgIpc) is 3.13. The van der Waals surface area contributed by atoms with Crippen molar-refractivity contribution in [1.82, 2.24) is 0 Å². The number of rotatable bonds is 6. The molecule has 1 aromatic rings. The third-order valence-corrected chi connectivity index (χ3v) is 3.50. The van der Waals surface area contributed by atoms with E-state index in [1.54, 1.807) is 0 Å².